The summed E-state index contributed by atoms with van der Waals surface area (Å²) in [5, 5.41) is 6.16. The number of hydrogen-bond donors (Lipinski definition) is 2. The number of anilines is 2. The smallest absolute Gasteiger partial charge is 0.224 e. The maximum absolute atomic E-state index is 12.2. The van der Waals surface area contributed by atoms with Gasteiger partial charge in [-0.2, -0.15) is 0 Å². The first-order valence-corrected chi connectivity index (χ1v) is 10.3. The summed E-state index contributed by atoms with van der Waals surface area (Å²) in [6, 6.07) is 10.1. The van der Waals surface area contributed by atoms with E-state index in [4.69, 9.17) is 0 Å². The molecular formula is C22H32N6O. The Morgan fingerprint density at radius 2 is 1.69 bits per heavy atom. The predicted molar refractivity (Wildman–Crippen MR) is 117 cm³/mol. The molecule has 1 aromatic carbocycles. The van der Waals surface area contributed by atoms with Crippen molar-refractivity contribution in [2.75, 3.05) is 50.4 Å². The average molecular weight is 397 g/mol. The molecule has 1 aliphatic rings. The van der Waals surface area contributed by atoms with Gasteiger partial charge in [-0.3, -0.25) is 9.69 Å². The van der Waals surface area contributed by atoms with Crippen LogP contribution < -0.4 is 10.6 Å². The molecule has 0 aliphatic carbocycles. The number of piperazine rings is 1. The van der Waals surface area contributed by atoms with Crippen LogP contribution in [0, 0.1) is 13.8 Å². The van der Waals surface area contributed by atoms with E-state index < -0.39 is 0 Å². The summed E-state index contributed by atoms with van der Waals surface area (Å²) in [5.41, 5.74) is 4.01. The number of nitrogens with one attached hydrogen (secondary N) is 2. The second-order valence-electron chi connectivity index (χ2n) is 7.83. The third kappa shape index (κ3) is 7.11. The number of aryl methyl sites for hydroxylation is 2. The minimum absolute atomic E-state index is 0.0277. The Morgan fingerprint density at radius 1 is 1.03 bits per heavy atom. The van der Waals surface area contributed by atoms with Crippen molar-refractivity contribution < 1.29 is 4.79 Å². The zero-order valence-corrected chi connectivity index (χ0v) is 17.7. The number of likely N-dealkylation sites (N-methyl/N-ethyl adjacent to an activating group) is 1. The van der Waals surface area contributed by atoms with E-state index >= 15 is 0 Å². The number of amides is 1. The summed E-state index contributed by atoms with van der Waals surface area (Å²) in [4.78, 5) is 25.7. The summed E-state index contributed by atoms with van der Waals surface area (Å²) in [7, 11) is 2.17. The average Bonchev–Trinajstić information content (AvgIpc) is 2.68. The molecule has 1 aliphatic heterocycles. The van der Waals surface area contributed by atoms with Crippen LogP contribution >= 0.6 is 0 Å². The molecule has 2 N–H and O–H groups in total. The van der Waals surface area contributed by atoms with Crippen LogP contribution in [0.1, 0.15) is 29.8 Å². The van der Waals surface area contributed by atoms with Crippen molar-refractivity contribution in [3.63, 3.8) is 0 Å². The molecule has 156 valence electrons. The highest BCUT2D eigenvalue weighted by Gasteiger charge is 2.13. The van der Waals surface area contributed by atoms with Crippen LogP contribution in [0.15, 0.2) is 30.3 Å². The normalized spacial score (nSPS) is 15.3. The second kappa shape index (κ2) is 10.3. The van der Waals surface area contributed by atoms with E-state index in [-0.39, 0.29) is 5.91 Å². The standard InChI is InChI=1S/C22H32N6O/c1-17-15-18(2)25-22(24-17)23-10-4-5-21(29)26-20-8-6-19(7-9-20)16-28-13-11-27(3)12-14-28/h6-9,15H,4-5,10-14,16H2,1-3H3,(H,26,29)(H,23,24,25). The monoisotopic (exact) mass is 396 g/mol. The van der Waals surface area contributed by atoms with Gasteiger partial charge in [0.1, 0.15) is 0 Å². The van der Waals surface area contributed by atoms with Crippen molar-refractivity contribution in [1.82, 2.24) is 19.8 Å². The fourth-order valence-corrected chi connectivity index (χ4v) is 3.44. The summed E-state index contributed by atoms with van der Waals surface area (Å²) in [5.74, 6) is 0.652. The lowest BCUT2D eigenvalue weighted by molar-refractivity contribution is -0.116. The van der Waals surface area contributed by atoms with Crippen LogP contribution in [-0.4, -0.2) is 65.4 Å². The minimum atomic E-state index is 0.0277. The Hall–Kier alpha value is -2.51. The Bertz CT molecular complexity index is 779. The molecule has 1 saturated heterocycles. The molecular weight excluding hydrogens is 364 g/mol. The van der Waals surface area contributed by atoms with Gasteiger partial charge in [0, 0.05) is 62.8 Å². The topological polar surface area (TPSA) is 73.4 Å². The van der Waals surface area contributed by atoms with Crippen molar-refractivity contribution in [3.8, 4) is 0 Å². The van der Waals surface area contributed by atoms with E-state index in [0.717, 1.165) is 56.2 Å². The van der Waals surface area contributed by atoms with E-state index in [0.29, 0.717) is 18.9 Å². The maximum Gasteiger partial charge on any atom is 0.224 e. The molecule has 29 heavy (non-hydrogen) atoms. The lowest BCUT2D eigenvalue weighted by Crippen LogP contribution is -2.43. The fourth-order valence-electron chi connectivity index (χ4n) is 3.44. The molecule has 0 spiro atoms. The molecule has 7 heteroatoms. The molecule has 1 fully saturated rings. The van der Waals surface area contributed by atoms with E-state index in [1.165, 1.54) is 5.56 Å². The van der Waals surface area contributed by atoms with Gasteiger partial charge >= 0.3 is 0 Å². The molecule has 2 aromatic rings. The van der Waals surface area contributed by atoms with E-state index in [2.05, 4.69) is 49.6 Å². The number of carbonyl (C=O) groups is 1. The third-order valence-electron chi connectivity index (χ3n) is 5.09. The number of hydrogen-bond acceptors (Lipinski definition) is 6. The summed E-state index contributed by atoms with van der Waals surface area (Å²) < 4.78 is 0. The van der Waals surface area contributed by atoms with Crippen LogP contribution in [0.25, 0.3) is 0 Å². The van der Waals surface area contributed by atoms with E-state index in [9.17, 15) is 4.79 Å². The largest absolute Gasteiger partial charge is 0.354 e. The molecule has 0 bridgehead atoms. The van der Waals surface area contributed by atoms with Gasteiger partial charge in [0.15, 0.2) is 0 Å². The van der Waals surface area contributed by atoms with Crippen LogP contribution in [0.3, 0.4) is 0 Å². The Kier molecular flexibility index (Phi) is 7.55. The molecule has 7 nitrogen and oxygen atoms in total. The third-order valence-corrected chi connectivity index (χ3v) is 5.09. The van der Waals surface area contributed by atoms with Gasteiger partial charge in [0.2, 0.25) is 11.9 Å². The molecule has 0 unspecified atom stereocenters. The zero-order chi connectivity index (χ0) is 20.6. The molecule has 1 amide bonds. The first-order chi connectivity index (χ1) is 14.0. The highest BCUT2D eigenvalue weighted by Crippen LogP contribution is 2.13. The predicted octanol–water partition coefficient (Wildman–Crippen LogP) is 2.67. The van der Waals surface area contributed by atoms with Crippen molar-refractivity contribution >= 4 is 17.5 Å². The van der Waals surface area contributed by atoms with Gasteiger partial charge in [-0.05, 0) is 51.1 Å². The number of nitrogens with zero attached hydrogens (tertiary/aromatic N) is 4. The number of benzene rings is 1. The first-order valence-electron chi connectivity index (χ1n) is 10.3. The van der Waals surface area contributed by atoms with Crippen molar-refractivity contribution in [3.05, 3.63) is 47.3 Å². The lowest BCUT2D eigenvalue weighted by Gasteiger charge is -2.32. The lowest BCUT2D eigenvalue weighted by atomic mass is 10.1. The fraction of sp³-hybridized carbons (Fsp3) is 0.500. The molecule has 3 rings (SSSR count). The van der Waals surface area contributed by atoms with Crippen LogP contribution in [0.2, 0.25) is 0 Å². The van der Waals surface area contributed by atoms with Gasteiger partial charge < -0.3 is 15.5 Å². The Morgan fingerprint density at radius 3 is 2.34 bits per heavy atom. The van der Waals surface area contributed by atoms with Crippen LogP contribution in [-0.2, 0) is 11.3 Å². The van der Waals surface area contributed by atoms with Gasteiger partial charge in [0.25, 0.3) is 0 Å². The SMILES string of the molecule is Cc1cc(C)nc(NCCCC(=O)Nc2ccc(CN3CCN(C)CC3)cc2)n1. The van der Waals surface area contributed by atoms with Gasteiger partial charge in [-0.1, -0.05) is 12.1 Å². The van der Waals surface area contributed by atoms with E-state index in [1.807, 2.05) is 32.0 Å². The van der Waals surface area contributed by atoms with Gasteiger partial charge in [0.05, 0.1) is 0 Å². The Balaban J connectivity index is 1.36. The highest BCUT2D eigenvalue weighted by molar-refractivity contribution is 5.90. The Labute approximate surface area is 173 Å². The summed E-state index contributed by atoms with van der Waals surface area (Å²) in [6.45, 7) is 9.99. The molecule has 0 saturated carbocycles. The van der Waals surface area contributed by atoms with Crippen LogP contribution in [0.4, 0.5) is 11.6 Å². The second-order valence-corrected chi connectivity index (χ2v) is 7.83. The molecule has 0 radical (unpaired) electrons. The highest BCUT2D eigenvalue weighted by atomic mass is 16.1. The van der Waals surface area contributed by atoms with Crippen LogP contribution in [0.5, 0.6) is 0 Å². The first kappa shape index (κ1) is 21.2. The maximum atomic E-state index is 12.2. The summed E-state index contributed by atoms with van der Waals surface area (Å²) in [6.07, 6.45) is 1.19. The van der Waals surface area contributed by atoms with Crippen molar-refractivity contribution in [1.29, 1.82) is 0 Å². The summed E-state index contributed by atoms with van der Waals surface area (Å²) >= 11 is 0. The van der Waals surface area contributed by atoms with Gasteiger partial charge in [-0.15, -0.1) is 0 Å². The molecule has 0 atom stereocenters. The number of carbonyl (C=O) groups excluding carboxylic acids is 1. The van der Waals surface area contributed by atoms with E-state index in [1.54, 1.807) is 0 Å². The molecule has 1 aromatic heterocycles. The number of aromatic nitrogens is 2. The van der Waals surface area contributed by atoms with Crippen molar-refractivity contribution in [2.45, 2.75) is 33.2 Å². The number of rotatable bonds is 8. The van der Waals surface area contributed by atoms with Gasteiger partial charge in [-0.25, -0.2) is 9.97 Å². The minimum Gasteiger partial charge on any atom is -0.354 e. The quantitative estimate of drug-likeness (QED) is 0.669. The zero-order valence-electron chi connectivity index (χ0n) is 17.7. The molecule has 2 heterocycles. The van der Waals surface area contributed by atoms with Crippen molar-refractivity contribution in [2.24, 2.45) is 0 Å².